The lowest BCUT2D eigenvalue weighted by atomic mass is 10.2. The lowest BCUT2D eigenvalue weighted by Gasteiger charge is -2.13. The van der Waals surface area contributed by atoms with Crippen LogP contribution in [-0.4, -0.2) is 20.6 Å². The van der Waals surface area contributed by atoms with Gasteiger partial charge in [-0.15, -0.1) is 0 Å². The minimum atomic E-state index is 0.751. The van der Waals surface area contributed by atoms with E-state index in [4.69, 9.17) is 0 Å². The number of aryl methyl sites for hydroxylation is 1. The summed E-state index contributed by atoms with van der Waals surface area (Å²) in [6, 6.07) is 1.96. The van der Waals surface area contributed by atoms with Crippen molar-refractivity contribution in [3.05, 3.63) is 16.4 Å². The molecule has 0 bridgehead atoms. The number of hydrogen-bond donors (Lipinski definition) is 1. The molecule has 0 radical (unpaired) electrons. The topological polar surface area (TPSA) is 55.1 Å². The van der Waals surface area contributed by atoms with Gasteiger partial charge in [0.05, 0.1) is 5.69 Å². The Hall–Kier alpha value is -1.43. The van der Waals surface area contributed by atoms with Crippen LogP contribution in [0.2, 0.25) is 0 Å². The van der Waals surface area contributed by atoms with E-state index in [1.54, 1.807) is 4.68 Å². The number of hydrogen-bond acceptors (Lipinski definition) is 4. The number of hydrazone groups is 1. The summed E-state index contributed by atoms with van der Waals surface area (Å²) >= 11 is 3.40. The van der Waals surface area contributed by atoms with Gasteiger partial charge in [-0.2, -0.15) is 10.2 Å². The van der Waals surface area contributed by atoms with Gasteiger partial charge in [-0.05, 0) is 35.8 Å². The average molecular weight is 266 g/mol. The molecule has 1 aliphatic heterocycles. The maximum atomic E-state index is 4.45. The van der Waals surface area contributed by atoms with Gasteiger partial charge in [0.1, 0.15) is 16.9 Å². The minimum absolute atomic E-state index is 0.751. The van der Waals surface area contributed by atoms with E-state index in [1.807, 2.05) is 19.9 Å². The van der Waals surface area contributed by atoms with E-state index in [0.717, 1.165) is 32.9 Å². The van der Waals surface area contributed by atoms with Crippen LogP contribution in [0.3, 0.4) is 0 Å². The van der Waals surface area contributed by atoms with Gasteiger partial charge < -0.3 is 0 Å². The smallest absolute Gasteiger partial charge is 0.155 e. The van der Waals surface area contributed by atoms with Gasteiger partial charge in [-0.1, -0.05) is 0 Å². The Morgan fingerprint density at radius 1 is 1.40 bits per heavy atom. The van der Waals surface area contributed by atoms with Crippen molar-refractivity contribution in [2.75, 3.05) is 5.43 Å². The second-order valence-electron chi connectivity index (χ2n) is 3.48. The lowest BCUT2D eigenvalue weighted by Crippen LogP contribution is -2.16. The van der Waals surface area contributed by atoms with E-state index in [9.17, 15) is 0 Å². The molecule has 1 aliphatic rings. The first kappa shape index (κ1) is 8.84. The van der Waals surface area contributed by atoms with Crippen molar-refractivity contribution in [2.24, 2.45) is 5.10 Å². The van der Waals surface area contributed by atoms with Crippen LogP contribution in [-0.2, 0) is 0 Å². The summed E-state index contributed by atoms with van der Waals surface area (Å²) in [4.78, 5) is 4.45. The van der Waals surface area contributed by atoms with Crippen LogP contribution in [0.4, 0.5) is 5.69 Å². The molecule has 0 aliphatic carbocycles. The number of nitrogens with zero attached hydrogens (tertiary/aromatic N) is 4. The number of rotatable bonds is 0. The Morgan fingerprint density at radius 2 is 2.20 bits per heavy atom. The summed E-state index contributed by atoms with van der Waals surface area (Å²) in [6.45, 7) is 3.85. The molecule has 0 amide bonds. The average Bonchev–Trinajstić information content (AvgIpc) is 2.52. The van der Waals surface area contributed by atoms with Crippen molar-refractivity contribution < 1.29 is 0 Å². The molecule has 3 rings (SSSR count). The van der Waals surface area contributed by atoms with Crippen molar-refractivity contribution in [1.29, 1.82) is 0 Å². The van der Waals surface area contributed by atoms with Gasteiger partial charge in [0.25, 0.3) is 0 Å². The van der Waals surface area contributed by atoms with Crippen LogP contribution < -0.4 is 5.43 Å². The monoisotopic (exact) mass is 265 g/mol. The Balaban J connectivity index is 2.52. The Labute approximate surface area is 94.3 Å². The fraction of sp³-hybridized carbons (Fsp3) is 0.222. The summed E-state index contributed by atoms with van der Waals surface area (Å²) in [5.41, 5.74) is 6.73. The second-order valence-corrected chi connectivity index (χ2v) is 4.23. The number of aromatic nitrogens is 3. The second kappa shape index (κ2) is 2.79. The first-order valence-corrected chi connectivity index (χ1v) is 5.32. The molecule has 0 fully saturated rings. The third-order valence-corrected chi connectivity index (χ3v) is 2.89. The van der Waals surface area contributed by atoms with Gasteiger partial charge >= 0.3 is 0 Å². The number of anilines is 1. The van der Waals surface area contributed by atoms with Crippen molar-refractivity contribution in [3.63, 3.8) is 0 Å². The minimum Gasteiger partial charge on any atom is -0.274 e. The van der Waals surface area contributed by atoms with E-state index >= 15 is 0 Å². The fourth-order valence-electron chi connectivity index (χ4n) is 1.72. The fourth-order valence-corrected chi connectivity index (χ4v) is 2.15. The van der Waals surface area contributed by atoms with Crippen molar-refractivity contribution in [2.45, 2.75) is 13.8 Å². The highest BCUT2D eigenvalue weighted by Gasteiger charge is 2.19. The maximum Gasteiger partial charge on any atom is 0.155 e. The van der Waals surface area contributed by atoms with Gasteiger partial charge in [0.15, 0.2) is 4.60 Å². The van der Waals surface area contributed by atoms with Crippen LogP contribution >= 0.6 is 15.9 Å². The Morgan fingerprint density at radius 3 is 3.00 bits per heavy atom. The Bertz CT molecular complexity index is 598. The first-order chi connectivity index (χ1) is 7.16. The third kappa shape index (κ3) is 1.11. The molecule has 2 aromatic heterocycles. The maximum absolute atomic E-state index is 4.45. The van der Waals surface area contributed by atoms with Gasteiger partial charge in [0, 0.05) is 5.69 Å². The molecule has 76 valence electrons. The normalized spacial score (nSPS) is 13.9. The largest absolute Gasteiger partial charge is 0.274 e. The summed E-state index contributed by atoms with van der Waals surface area (Å²) < 4.78 is 2.54. The molecule has 0 saturated heterocycles. The molecule has 2 aromatic rings. The summed E-state index contributed by atoms with van der Waals surface area (Å²) in [7, 11) is 0. The van der Waals surface area contributed by atoms with Crippen LogP contribution in [0.5, 0.6) is 0 Å². The number of nitrogens with one attached hydrogen (secondary N) is 1. The van der Waals surface area contributed by atoms with Crippen molar-refractivity contribution >= 4 is 38.5 Å². The van der Waals surface area contributed by atoms with Gasteiger partial charge in [-0.25, -0.2) is 9.67 Å². The van der Waals surface area contributed by atoms with E-state index in [-0.39, 0.29) is 0 Å². The molecule has 5 nitrogen and oxygen atoms in total. The molecule has 15 heavy (non-hydrogen) atoms. The molecule has 0 unspecified atom stereocenters. The van der Waals surface area contributed by atoms with Crippen LogP contribution in [0.25, 0.3) is 11.0 Å². The first-order valence-electron chi connectivity index (χ1n) is 4.53. The van der Waals surface area contributed by atoms with Crippen LogP contribution in [0.1, 0.15) is 12.6 Å². The Kier molecular flexibility index (Phi) is 1.64. The highest BCUT2D eigenvalue weighted by atomic mass is 79.9. The molecular formula is C9H8BrN5. The standard InChI is InChI=1S/C9H8BrN5/c1-4-3-6-8-7(11-4)9(10)14-15(8)5(2)12-13-6/h3,13H,1-2H3. The van der Waals surface area contributed by atoms with E-state index in [0.29, 0.717) is 0 Å². The quantitative estimate of drug-likeness (QED) is 0.794. The summed E-state index contributed by atoms with van der Waals surface area (Å²) in [6.07, 6.45) is 0. The van der Waals surface area contributed by atoms with Crippen LogP contribution in [0, 0.1) is 6.92 Å². The molecule has 3 heterocycles. The van der Waals surface area contributed by atoms with E-state index in [1.165, 1.54) is 0 Å². The summed E-state index contributed by atoms with van der Waals surface area (Å²) in [5, 5.41) is 8.51. The zero-order chi connectivity index (χ0) is 10.6. The molecule has 6 heteroatoms. The van der Waals surface area contributed by atoms with Crippen molar-refractivity contribution in [1.82, 2.24) is 14.8 Å². The van der Waals surface area contributed by atoms with E-state index < -0.39 is 0 Å². The predicted octanol–water partition coefficient (Wildman–Crippen LogP) is 2.11. The molecule has 1 N–H and O–H groups in total. The molecule has 0 spiro atoms. The molecular weight excluding hydrogens is 258 g/mol. The highest BCUT2D eigenvalue weighted by molar-refractivity contribution is 9.10. The van der Waals surface area contributed by atoms with Gasteiger partial charge in [-0.3, -0.25) is 5.43 Å². The zero-order valence-corrected chi connectivity index (χ0v) is 9.83. The number of pyridine rings is 1. The predicted molar refractivity (Wildman–Crippen MR) is 62.1 cm³/mol. The third-order valence-electron chi connectivity index (χ3n) is 2.36. The SMILES string of the molecule is CC1=NNc2cc(C)nc3c(Br)nn1c23. The molecule has 0 saturated carbocycles. The lowest BCUT2D eigenvalue weighted by molar-refractivity contribution is 0.927. The number of halogens is 1. The molecule has 0 atom stereocenters. The van der Waals surface area contributed by atoms with Crippen LogP contribution in [0.15, 0.2) is 15.8 Å². The highest BCUT2D eigenvalue weighted by Crippen LogP contribution is 2.30. The molecule has 0 aromatic carbocycles. The van der Waals surface area contributed by atoms with E-state index in [2.05, 4.69) is 36.5 Å². The summed E-state index contributed by atoms with van der Waals surface area (Å²) in [5.74, 6) is 0.809. The zero-order valence-electron chi connectivity index (χ0n) is 8.24. The van der Waals surface area contributed by atoms with Gasteiger partial charge in [0.2, 0.25) is 0 Å². The van der Waals surface area contributed by atoms with Crippen molar-refractivity contribution in [3.8, 4) is 0 Å².